The van der Waals surface area contributed by atoms with Crippen molar-refractivity contribution < 1.29 is 17.9 Å². The van der Waals surface area contributed by atoms with E-state index in [1.807, 2.05) is 19.1 Å². The van der Waals surface area contributed by atoms with E-state index in [2.05, 4.69) is 5.32 Å². The van der Waals surface area contributed by atoms with Gasteiger partial charge in [-0.2, -0.15) is 0 Å². The number of amides is 1. The molecule has 2 rings (SSSR count). The molecule has 0 fully saturated rings. The minimum absolute atomic E-state index is 0.0785. The van der Waals surface area contributed by atoms with Crippen LogP contribution in [0.4, 0.5) is 5.69 Å². The number of anilines is 1. The molecule has 2 aromatic rings. The zero-order chi connectivity index (χ0) is 19.3. The smallest absolute Gasteiger partial charge is 0.256 e. The number of nitrogens with one attached hydrogen (secondary N) is 1. The maximum Gasteiger partial charge on any atom is 0.256 e. The Bertz CT molecular complexity index is 896. The summed E-state index contributed by atoms with van der Waals surface area (Å²) in [6.45, 7) is 2.01. The van der Waals surface area contributed by atoms with Gasteiger partial charge in [-0.3, -0.25) is 4.79 Å². The Morgan fingerprint density at radius 1 is 1.19 bits per heavy atom. The van der Waals surface area contributed by atoms with Crippen LogP contribution in [-0.4, -0.2) is 45.6 Å². The molecule has 8 heteroatoms. The first-order valence-electron chi connectivity index (χ1n) is 7.95. The van der Waals surface area contributed by atoms with Gasteiger partial charge in [0.25, 0.3) is 5.91 Å². The quantitative estimate of drug-likeness (QED) is 0.729. The second kappa shape index (κ2) is 8.57. The number of ether oxygens (including phenoxy) is 1. The molecule has 1 amide bonds. The van der Waals surface area contributed by atoms with Crippen LogP contribution in [-0.2, 0) is 10.0 Å². The van der Waals surface area contributed by atoms with Crippen molar-refractivity contribution in [1.29, 1.82) is 0 Å². The fourth-order valence-electron chi connectivity index (χ4n) is 2.28. The fourth-order valence-corrected chi connectivity index (χ4v) is 4.01. The molecular weight excluding hydrogens is 372 g/mol. The first-order chi connectivity index (χ1) is 12.3. The monoisotopic (exact) mass is 394 g/mol. The van der Waals surface area contributed by atoms with Crippen molar-refractivity contribution in [2.45, 2.75) is 16.7 Å². The normalized spacial score (nSPS) is 11.4. The average molecular weight is 395 g/mol. The minimum atomic E-state index is -3.62. The van der Waals surface area contributed by atoms with Gasteiger partial charge < -0.3 is 10.1 Å². The molecule has 0 aliphatic carbocycles. The maximum absolute atomic E-state index is 12.7. The second-order valence-corrected chi connectivity index (χ2v) is 8.99. The number of thioether (sulfide) groups is 1. The van der Waals surface area contributed by atoms with Crippen LogP contribution in [0.25, 0.3) is 0 Å². The molecule has 0 spiro atoms. The molecule has 0 aromatic heterocycles. The van der Waals surface area contributed by atoms with Crippen LogP contribution in [0.5, 0.6) is 5.75 Å². The van der Waals surface area contributed by atoms with Crippen LogP contribution in [0.3, 0.4) is 0 Å². The number of sulfonamides is 1. The van der Waals surface area contributed by atoms with Crippen LogP contribution in [0.2, 0.25) is 0 Å². The molecule has 0 radical (unpaired) electrons. The minimum Gasteiger partial charge on any atom is -0.495 e. The van der Waals surface area contributed by atoms with Gasteiger partial charge in [0.15, 0.2) is 0 Å². The van der Waals surface area contributed by atoms with Gasteiger partial charge in [0, 0.05) is 19.0 Å². The lowest BCUT2D eigenvalue weighted by atomic mass is 10.2. The SMILES string of the molecule is CCSc1ccccc1C(=O)Nc1cc(S(=O)(=O)N(C)C)ccc1OC. The third-order valence-electron chi connectivity index (χ3n) is 3.63. The van der Waals surface area contributed by atoms with Gasteiger partial charge in [0.1, 0.15) is 5.75 Å². The van der Waals surface area contributed by atoms with Crippen molar-refractivity contribution in [2.75, 3.05) is 32.3 Å². The number of benzene rings is 2. The number of hydrogen-bond acceptors (Lipinski definition) is 5. The molecule has 6 nitrogen and oxygen atoms in total. The fraction of sp³-hybridized carbons (Fsp3) is 0.278. The molecule has 2 aromatic carbocycles. The van der Waals surface area contributed by atoms with E-state index < -0.39 is 10.0 Å². The van der Waals surface area contributed by atoms with E-state index in [4.69, 9.17) is 4.74 Å². The summed E-state index contributed by atoms with van der Waals surface area (Å²) < 4.78 is 31.1. The van der Waals surface area contributed by atoms with Crippen LogP contribution in [0.1, 0.15) is 17.3 Å². The van der Waals surface area contributed by atoms with Crippen LogP contribution in [0, 0.1) is 0 Å². The summed E-state index contributed by atoms with van der Waals surface area (Å²) in [5.41, 5.74) is 0.832. The first kappa shape index (κ1) is 20.3. The highest BCUT2D eigenvalue weighted by molar-refractivity contribution is 7.99. The lowest BCUT2D eigenvalue weighted by Gasteiger charge is -2.16. The number of carbonyl (C=O) groups is 1. The zero-order valence-corrected chi connectivity index (χ0v) is 16.8. The molecule has 0 atom stereocenters. The number of carbonyl (C=O) groups excluding carboxylic acids is 1. The van der Waals surface area contributed by atoms with Crippen molar-refractivity contribution in [2.24, 2.45) is 0 Å². The Labute approximate surface area is 158 Å². The Morgan fingerprint density at radius 2 is 1.88 bits per heavy atom. The zero-order valence-electron chi connectivity index (χ0n) is 15.1. The highest BCUT2D eigenvalue weighted by atomic mass is 32.2. The highest BCUT2D eigenvalue weighted by Gasteiger charge is 2.20. The van der Waals surface area contributed by atoms with Gasteiger partial charge in [-0.1, -0.05) is 19.1 Å². The summed E-state index contributed by atoms with van der Waals surface area (Å²) in [5.74, 6) is 0.903. The second-order valence-electron chi connectivity index (χ2n) is 5.53. The van der Waals surface area contributed by atoms with E-state index in [1.165, 1.54) is 39.4 Å². The third-order valence-corrected chi connectivity index (χ3v) is 6.40. The van der Waals surface area contributed by atoms with Gasteiger partial charge in [-0.15, -0.1) is 11.8 Å². The van der Waals surface area contributed by atoms with Gasteiger partial charge in [0.05, 0.1) is 23.3 Å². The third kappa shape index (κ3) is 4.38. The maximum atomic E-state index is 12.7. The molecule has 0 saturated carbocycles. The van der Waals surface area contributed by atoms with E-state index >= 15 is 0 Å². The van der Waals surface area contributed by atoms with Gasteiger partial charge >= 0.3 is 0 Å². The number of rotatable bonds is 7. The summed E-state index contributed by atoms with van der Waals surface area (Å²) >= 11 is 1.57. The van der Waals surface area contributed by atoms with E-state index in [1.54, 1.807) is 23.9 Å². The topological polar surface area (TPSA) is 75.7 Å². The number of hydrogen-bond donors (Lipinski definition) is 1. The Kier molecular flexibility index (Phi) is 6.69. The Hall–Kier alpha value is -2.03. The predicted octanol–water partition coefficient (Wildman–Crippen LogP) is 3.31. The largest absolute Gasteiger partial charge is 0.495 e. The van der Waals surface area contributed by atoms with E-state index in [0.717, 1.165) is 15.0 Å². The Morgan fingerprint density at radius 3 is 2.50 bits per heavy atom. The molecule has 140 valence electrons. The standard InChI is InChI=1S/C18H22N2O4S2/c1-5-25-17-9-7-6-8-14(17)18(21)19-15-12-13(10-11-16(15)24-4)26(22,23)20(2)3/h6-12H,5H2,1-4H3,(H,19,21). The van der Waals surface area contributed by atoms with Crippen LogP contribution in [0.15, 0.2) is 52.3 Å². The summed E-state index contributed by atoms with van der Waals surface area (Å²) in [6, 6.07) is 11.7. The van der Waals surface area contributed by atoms with Crippen LogP contribution >= 0.6 is 11.8 Å². The molecule has 0 aliphatic heterocycles. The predicted molar refractivity (Wildman–Crippen MR) is 105 cm³/mol. The molecule has 0 heterocycles. The summed E-state index contributed by atoms with van der Waals surface area (Å²) in [7, 11) is 0.754. The molecule has 0 unspecified atom stereocenters. The number of nitrogens with zero attached hydrogens (tertiary/aromatic N) is 1. The van der Waals surface area contributed by atoms with E-state index in [9.17, 15) is 13.2 Å². The first-order valence-corrected chi connectivity index (χ1v) is 10.4. The van der Waals surface area contributed by atoms with Crippen molar-refractivity contribution in [1.82, 2.24) is 4.31 Å². The molecular formula is C18H22N2O4S2. The van der Waals surface area contributed by atoms with E-state index in [-0.39, 0.29) is 10.8 Å². The molecule has 0 aliphatic rings. The molecule has 0 bridgehead atoms. The molecule has 1 N–H and O–H groups in total. The Balaban J connectivity index is 2.41. The molecule has 26 heavy (non-hydrogen) atoms. The summed E-state index contributed by atoms with van der Waals surface area (Å²) in [4.78, 5) is 13.7. The van der Waals surface area contributed by atoms with E-state index in [0.29, 0.717) is 17.0 Å². The van der Waals surface area contributed by atoms with Crippen LogP contribution < -0.4 is 10.1 Å². The van der Waals surface area contributed by atoms with Crippen molar-refractivity contribution in [3.05, 3.63) is 48.0 Å². The number of methoxy groups -OCH3 is 1. The van der Waals surface area contributed by atoms with Gasteiger partial charge in [-0.05, 0) is 36.1 Å². The van der Waals surface area contributed by atoms with Crippen molar-refractivity contribution in [3.8, 4) is 5.75 Å². The van der Waals surface area contributed by atoms with Crippen molar-refractivity contribution in [3.63, 3.8) is 0 Å². The summed E-state index contributed by atoms with van der Waals surface area (Å²) in [5, 5.41) is 2.77. The lowest BCUT2D eigenvalue weighted by molar-refractivity contribution is 0.102. The van der Waals surface area contributed by atoms with Gasteiger partial charge in [-0.25, -0.2) is 12.7 Å². The lowest BCUT2D eigenvalue weighted by Crippen LogP contribution is -2.22. The van der Waals surface area contributed by atoms with Gasteiger partial charge in [0.2, 0.25) is 10.0 Å². The summed E-state index contributed by atoms with van der Waals surface area (Å²) in [6.07, 6.45) is 0. The molecule has 0 saturated heterocycles. The van der Waals surface area contributed by atoms with Crippen molar-refractivity contribution >= 4 is 33.4 Å². The average Bonchev–Trinajstić information content (AvgIpc) is 2.62. The highest BCUT2D eigenvalue weighted by Crippen LogP contribution is 2.30.